The van der Waals surface area contributed by atoms with Gasteiger partial charge in [-0.05, 0) is 36.6 Å². The van der Waals surface area contributed by atoms with E-state index in [9.17, 15) is 4.79 Å². The Hall–Kier alpha value is -4.26. The molecule has 0 aliphatic rings. The molecule has 0 bridgehead atoms. The highest BCUT2D eigenvalue weighted by molar-refractivity contribution is 5.85. The lowest BCUT2D eigenvalue weighted by atomic mass is 10.1. The summed E-state index contributed by atoms with van der Waals surface area (Å²) in [6.45, 7) is 2.51. The van der Waals surface area contributed by atoms with Gasteiger partial charge < -0.3 is 9.55 Å². The number of rotatable bonds is 4. The van der Waals surface area contributed by atoms with Gasteiger partial charge in [0.05, 0.1) is 11.3 Å². The van der Waals surface area contributed by atoms with Crippen LogP contribution in [0.1, 0.15) is 11.3 Å². The molecule has 0 atom stereocenters. The van der Waals surface area contributed by atoms with Crippen LogP contribution in [0.4, 0.5) is 0 Å². The first kappa shape index (κ1) is 18.5. The zero-order valence-electron chi connectivity index (χ0n) is 17.5. The van der Waals surface area contributed by atoms with Crippen LogP contribution in [0.3, 0.4) is 0 Å². The number of H-pyrrole nitrogens is 1. The highest BCUT2D eigenvalue weighted by Crippen LogP contribution is 2.27. The number of hydrogen-bond acceptors (Lipinski definition) is 4. The summed E-state index contributed by atoms with van der Waals surface area (Å²) >= 11 is 0. The molecule has 0 fully saturated rings. The van der Waals surface area contributed by atoms with E-state index in [4.69, 9.17) is 0 Å². The summed E-state index contributed by atoms with van der Waals surface area (Å²) in [4.78, 5) is 16.5. The summed E-state index contributed by atoms with van der Waals surface area (Å²) in [5.41, 5.74) is 6.57. The minimum atomic E-state index is -0.161. The Morgan fingerprint density at radius 1 is 0.969 bits per heavy atom. The van der Waals surface area contributed by atoms with Gasteiger partial charge in [0.25, 0.3) is 5.56 Å². The Morgan fingerprint density at radius 2 is 1.78 bits per heavy atom. The van der Waals surface area contributed by atoms with Crippen molar-refractivity contribution in [2.24, 2.45) is 0 Å². The second-order valence-electron chi connectivity index (χ2n) is 7.92. The molecule has 0 spiro atoms. The normalized spacial score (nSPS) is 11.7. The topological polar surface area (TPSA) is 80.9 Å². The monoisotopic (exact) mass is 420 g/mol. The van der Waals surface area contributed by atoms with Crippen LogP contribution in [-0.2, 0) is 13.0 Å². The van der Waals surface area contributed by atoms with Crippen LogP contribution in [-0.4, -0.2) is 29.4 Å². The summed E-state index contributed by atoms with van der Waals surface area (Å²) in [5.74, 6) is 0. The van der Waals surface area contributed by atoms with E-state index < -0.39 is 0 Å². The SMILES string of the molecule is Cc1nn2c(nnc3c(=O)n(CCc4c[nH]c5ccccc45)ccc32)c1-c1ccccc1. The molecule has 6 aromatic rings. The third-order valence-corrected chi connectivity index (χ3v) is 5.99. The molecule has 6 rings (SSSR count). The molecule has 0 saturated carbocycles. The van der Waals surface area contributed by atoms with Crippen molar-refractivity contribution in [3.05, 3.63) is 94.7 Å². The van der Waals surface area contributed by atoms with Crippen LogP contribution in [0.5, 0.6) is 0 Å². The van der Waals surface area contributed by atoms with Gasteiger partial charge in [0.2, 0.25) is 0 Å². The molecule has 4 heterocycles. The number of pyridine rings is 1. The smallest absolute Gasteiger partial charge is 0.280 e. The molecule has 4 aromatic heterocycles. The molecule has 0 aliphatic carbocycles. The number of nitrogens with one attached hydrogen (secondary N) is 1. The van der Waals surface area contributed by atoms with Crippen molar-refractivity contribution in [3.63, 3.8) is 0 Å². The lowest BCUT2D eigenvalue weighted by molar-refractivity contribution is 0.674. The highest BCUT2D eigenvalue weighted by Gasteiger charge is 2.17. The van der Waals surface area contributed by atoms with Crippen molar-refractivity contribution < 1.29 is 0 Å². The summed E-state index contributed by atoms with van der Waals surface area (Å²) in [7, 11) is 0. The van der Waals surface area contributed by atoms with Crippen LogP contribution >= 0.6 is 0 Å². The van der Waals surface area contributed by atoms with Crippen molar-refractivity contribution in [1.29, 1.82) is 0 Å². The molecule has 1 N–H and O–H groups in total. The van der Waals surface area contributed by atoms with E-state index in [0.717, 1.165) is 28.8 Å². The van der Waals surface area contributed by atoms with Crippen molar-refractivity contribution in [3.8, 4) is 11.1 Å². The molecule has 0 amide bonds. The fraction of sp³-hybridized carbons (Fsp3) is 0.120. The quantitative estimate of drug-likeness (QED) is 0.465. The summed E-state index contributed by atoms with van der Waals surface area (Å²) in [6, 6.07) is 20.1. The molecule has 0 aliphatic heterocycles. The second-order valence-corrected chi connectivity index (χ2v) is 7.92. The van der Waals surface area contributed by atoms with Crippen LogP contribution < -0.4 is 5.56 Å². The van der Waals surface area contributed by atoms with E-state index >= 15 is 0 Å². The van der Waals surface area contributed by atoms with Crippen LogP contribution in [0.2, 0.25) is 0 Å². The lowest BCUT2D eigenvalue weighted by Crippen LogP contribution is -2.22. The molecule has 2 aromatic carbocycles. The summed E-state index contributed by atoms with van der Waals surface area (Å²) in [5, 5.41) is 14.6. The summed E-state index contributed by atoms with van der Waals surface area (Å²) < 4.78 is 3.42. The Labute approximate surface area is 183 Å². The Morgan fingerprint density at radius 3 is 2.66 bits per heavy atom. The zero-order valence-corrected chi connectivity index (χ0v) is 17.5. The standard InChI is InChI=1S/C25H20N6O/c1-16-22(17-7-3-2-4-8-17)24-28-27-23-21(31(24)29-16)12-14-30(25(23)32)13-11-18-15-26-20-10-6-5-9-19(18)20/h2-10,12,14-15,26H,11,13H2,1H3. The van der Waals surface area contributed by atoms with Crippen LogP contribution in [0.15, 0.2) is 77.9 Å². The Balaban J connectivity index is 1.41. The van der Waals surface area contributed by atoms with E-state index in [0.29, 0.717) is 23.2 Å². The van der Waals surface area contributed by atoms with E-state index in [2.05, 4.69) is 32.4 Å². The number of benzene rings is 2. The van der Waals surface area contributed by atoms with Crippen molar-refractivity contribution in [1.82, 2.24) is 29.4 Å². The third-order valence-electron chi connectivity index (χ3n) is 5.99. The first-order valence-electron chi connectivity index (χ1n) is 10.6. The van der Waals surface area contributed by atoms with Crippen LogP contribution in [0, 0.1) is 6.92 Å². The Bertz CT molecular complexity index is 1660. The maximum atomic E-state index is 13.2. The van der Waals surface area contributed by atoms with Gasteiger partial charge in [-0.25, -0.2) is 4.52 Å². The van der Waals surface area contributed by atoms with E-state index in [1.807, 2.05) is 67.8 Å². The average molecular weight is 420 g/mol. The van der Waals surface area contributed by atoms with Crippen molar-refractivity contribution in [2.45, 2.75) is 19.9 Å². The fourth-order valence-electron chi connectivity index (χ4n) is 4.39. The van der Waals surface area contributed by atoms with Gasteiger partial charge in [-0.1, -0.05) is 48.5 Å². The van der Waals surface area contributed by atoms with Gasteiger partial charge in [-0.2, -0.15) is 5.10 Å². The second kappa shape index (κ2) is 7.16. The molecular formula is C25H20N6O. The van der Waals surface area contributed by atoms with Gasteiger partial charge in [-0.15, -0.1) is 10.2 Å². The molecule has 32 heavy (non-hydrogen) atoms. The minimum absolute atomic E-state index is 0.161. The first-order valence-corrected chi connectivity index (χ1v) is 10.6. The molecule has 0 unspecified atom stereocenters. The van der Waals surface area contributed by atoms with E-state index in [1.54, 1.807) is 9.08 Å². The lowest BCUT2D eigenvalue weighted by Gasteiger charge is -2.07. The van der Waals surface area contributed by atoms with E-state index in [-0.39, 0.29) is 5.56 Å². The zero-order chi connectivity index (χ0) is 21.7. The number of aromatic nitrogens is 6. The van der Waals surface area contributed by atoms with Crippen molar-refractivity contribution in [2.75, 3.05) is 0 Å². The molecular weight excluding hydrogens is 400 g/mol. The summed E-state index contributed by atoms with van der Waals surface area (Å²) in [6.07, 6.45) is 4.57. The molecule has 7 heteroatoms. The minimum Gasteiger partial charge on any atom is -0.361 e. The predicted octanol–water partition coefficient (Wildman–Crippen LogP) is 4.14. The van der Waals surface area contributed by atoms with Gasteiger partial charge in [0.15, 0.2) is 11.2 Å². The van der Waals surface area contributed by atoms with Gasteiger partial charge in [0, 0.05) is 29.8 Å². The predicted molar refractivity (Wildman–Crippen MR) is 125 cm³/mol. The highest BCUT2D eigenvalue weighted by atomic mass is 16.1. The maximum Gasteiger partial charge on any atom is 0.280 e. The molecule has 0 radical (unpaired) electrons. The third kappa shape index (κ3) is 2.82. The van der Waals surface area contributed by atoms with Gasteiger partial charge in [-0.3, -0.25) is 4.79 Å². The first-order chi connectivity index (χ1) is 15.7. The number of para-hydroxylation sites is 1. The number of fused-ring (bicyclic) bond motifs is 4. The average Bonchev–Trinajstić information content (AvgIpc) is 3.39. The number of hydrogen-bond donors (Lipinski definition) is 1. The largest absolute Gasteiger partial charge is 0.361 e. The van der Waals surface area contributed by atoms with Gasteiger partial charge >= 0.3 is 0 Å². The number of aromatic amines is 1. The van der Waals surface area contributed by atoms with E-state index in [1.165, 1.54) is 10.9 Å². The van der Waals surface area contributed by atoms with Crippen molar-refractivity contribution >= 4 is 27.6 Å². The molecule has 7 nitrogen and oxygen atoms in total. The van der Waals surface area contributed by atoms with Crippen LogP contribution in [0.25, 0.3) is 38.7 Å². The molecule has 0 saturated heterocycles. The van der Waals surface area contributed by atoms with Gasteiger partial charge in [0.1, 0.15) is 5.52 Å². The number of nitrogens with zero attached hydrogens (tertiary/aromatic N) is 5. The Kier molecular flexibility index (Phi) is 4.14. The maximum absolute atomic E-state index is 13.2. The molecule has 156 valence electrons. The number of aryl methyl sites for hydroxylation is 3. The fourth-order valence-corrected chi connectivity index (χ4v) is 4.39.